The first kappa shape index (κ1) is 36.4. The van der Waals surface area contributed by atoms with E-state index >= 15 is 0 Å². The van der Waals surface area contributed by atoms with Crippen molar-refractivity contribution in [1.29, 1.82) is 0 Å². The summed E-state index contributed by atoms with van der Waals surface area (Å²) in [5, 5.41) is 44.5. The fraction of sp³-hybridized carbons (Fsp3) is 0.786. The highest BCUT2D eigenvalue weighted by Gasteiger charge is 2.20. The summed E-state index contributed by atoms with van der Waals surface area (Å²) in [4.78, 5) is 22.2. The molecule has 36 heavy (non-hydrogen) atoms. The van der Waals surface area contributed by atoms with Gasteiger partial charge in [0.25, 0.3) is 0 Å². The van der Waals surface area contributed by atoms with Crippen molar-refractivity contribution in [2.24, 2.45) is 5.92 Å². The van der Waals surface area contributed by atoms with Crippen LogP contribution in [0.4, 0.5) is 0 Å². The number of carboxylic acids is 1. The van der Waals surface area contributed by atoms with Crippen molar-refractivity contribution in [3.05, 3.63) is 25.3 Å². The summed E-state index contributed by atoms with van der Waals surface area (Å²) >= 11 is 0. The summed E-state index contributed by atoms with van der Waals surface area (Å²) in [7, 11) is 0. The Balaban J connectivity index is 0. The molecule has 0 spiro atoms. The molecule has 5 N–H and O–H groups in total. The number of hydrogen-bond acceptors (Lipinski definition) is 7. The lowest BCUT2D eigenvalue weighted by Gasteiger charge is -2.15. The van der Waals surface area contributed by atoms with Crippen molar-refractivity contribution >= 4 is 11.9 Å². The Morgan fingerprint density at radius 1 is 0.722 bits per heavy atom. The smallest absolute Gasteiger partial charge is 0.306 e. The zero-order valence-electron chi connectivity index (χ0n) is 22.2. The van der Waals surface area contributed by atoms with E-state index in [2.05, 4.69) is 13.2 Å². The number of esters is 1. The molecule has 0 amide bonds. The average Bonchev–Trinajstić information content (AvgIpc) is 2.87. The Bertz CT molecular complexity index is 536. The van der Waals surface area contributed by atoms with Crippen molar-refractivity contribution in [1.82, 2.24) is 0 Å². The molecule has 0 aromatic heterocycles. The van der Waals surface area contributed by atoms with Crippen molar-refractivity contribution in [3.8, 4) is 0 Å². The zero-order valence-corrected chi connectivity index (χ0v) is 22.2. The van der Waals surface area contributed by atoms with Crippen molar-refractivity contribution < 1.29 is 39.9 Å². The third-order valence-corrected chi connectivity index (χ3v) is 5.76. The third-order valence-electron chi connectivity index (χ3n) is 5.76. The molecular weight excluding hydrogens is 464 g/mol. The molecule has 8 nitrogen and oxygen atoms in total. The normalized spacial score (nSPS) is 13.1. The molecule has 212 valence electrons. The van der Waals surface area contributed by atoms with E-state index in [-0.39, 0.29) is 32.2 Å². The van der Waals surface area contributed by atoms with E-state index < -0.39 is 24.1 Å². The van der Waals surface area contributed by atoms with E-state index in [0.717, 1.165) is 64.2 Å². The maximum absolute atomic E-state index is 11.2. The standard InChI is InChI=1S/2C14H26O4/c1-2-3-4-5-6-7-8-9-12(14(17)18)10-13(16)11-15;1-2-3-4-5-6-7-8-9-10-14(17)18-12-13(16)11-15/h2,12-13,15-16H,1,3-11H2,(H,17,18);2,13,15-16H,1,3-12H2. The maximum Gasteiger partial charge on any atom is 0.306 e. The third kappa shape index (κ3) is 26.9. The lowest BCUT2D eigenvalue weighted by atomic mass is 9.95. The second-order valence-corrected chi connectivity index (χ2v) is 9.21. The van der Waals surface area contributed by atoms with Crippen LogP contribution in [0.3, 0.4) is 0 Å². The lowest BCUT2D eigenvalue weighted by Crippen LogP contribution is -2.23. The van der Waals surface area contributed by atoms with Gasteiger partial charge in [0.15, 0.2) is 0 Å². The first-order chi connectivity index (χ1) is 17.3. The molecule has 3 atom stereocenters. The van der Waals surface area contributed by atoms with E-state index in [4.69, 9.17) is 25.2 Å². The van der Waals surface area contributed by atoms with Gasteiger partial charge in [-0.25, -0.2) is 0 Å². The van der Waals surface area contributed by atoms with Crippen LogP contribution in [0.5, 0.6) is 0 Å². The number of hydrogen-bond donors (Lipinski definition) is 5. The van der Waals surface area contributed by atoms with Crippen LogP contribution in [0, 0.1) is 5.92 Å². The maximum atomic E-state index is 11.2. The average molecular weight is 517 g/mol. The monoisotopic (exact) mass is 516 g/mol. The van der Waals surface area contributed by atoms with Crippen LogP contribution in [-0.2, 0) is 14.3 Å². The number of carboxylic acid groups (broad SMARTS) is 1. The van der Waals surface area contributed by atoms with Crippen LogP contribution in [0.1, 0.15) is 103 Å². The first-order valence-corrected chi connectivity index (χ1v) is 13.5. The fourth-order valence-electron chi connectivity index (χ4n) is 3.53. The molecule has 0 aromatic rings. The number of rotatable bonds is 24. The number of aliphatic carboxylic acids is 1. The van der Waals surface area contributed by atoms with E-state index in [1.807, 2.05) is 12.2 Å². The molecule has 0 bridgehead atoms. The summed E-state index contributed by atoms with van der Waals surface area (Å²) in [6.07, 6.45) is 17.1. The van der Waals surface area contributed by atoms with Crippen LogP contribution in [0.2, 0.25) is 0 Å². The number of allylic oxidation sites excluding steroid dienone is 2. The van der Waals surface area contributed by atoms with Crippen LogP contribution in [0.25, 0.3) is 0 Å². The molecule has 0 fully saturated rings. The van der Waals surface area contributed by atoms with Gasteiger partial charge in [-0.1, -0.05) is 63.5 Å². The molecule has 0 aliphatic heterocycles. The van der Waals surface area contributed by atoms with Gasteiger partial charge in [0.1, 0.15) is 12.7 Å². The summed E-state index contributed by atoms with van der Waals surface area (Å²) in [6.45, 7) is 6.48. The van der Waals surface area contributed by atoms with E-state index in [9.17, 15) is 14.7 Å². The van der Waals surface area contributed by atoms with Crippen LogP contribution in [-0.4, -0.2) is 69.5 Å². The number of ether oxygens (including phenoxy) is 1. The van der Waals surface area contributed by atoms with Gasteiger partial charge in [0, 0.05) is 6.42 Å². The minimum absolute atomic E-state index is 0.114. The van der Waals surface area contributed by atoms with Gasteiger partial charge in [0.05, 0.1) is 25.2 Å². The highest BCUT2D eigenvalue weighted by atomic mass is 16.5. The van der Waals surface area contributed by atoms with Gasteiger partial charge < -0.3 is 30.3 Å². The Morgan fingerprint density at radius 3 is 1.67 bits per heavy atom. The zero-order chi connectivity index (χ0) is 27.4. The van der Waals surface area contributed by atoms with Crippen molar-refractivity contribution in [2.45, 2.75) is 115 Å². The molecule has 0 saturated carbocycles. The van der Waals surface area contributed by atoms with Gasteiger partial charge in [-0.05, 0) is 44.9 Å². The molecule has 0 heterocycles. The summed E-state index contributed by atoms with van der Waals surface area (Å²) in [5.74, 6) is -1.72. The number of carbonyl (C=O) groups excluding carboxylic acids is 1. The number of aliphatic hydroxyl groups excluding tert-OH is 4. The predicted molar refractivity (Wildman–Crippen MR) is 143 cm³/mol. The lowest BCUT2D eigenvalue weighted by molar-refractivity contribution is -0.147. The molecule has 0 aliphatic rings. The fourth-order valence-corrected chi connectivity index (χ4v) is 3.53. The minimum Gasteiger partial charge on any atom is -0.481 e. The summed E-state index contributed by atoms with van der Waals surface area (Å²) in [6, 6.07) is 0. The van der Waals surface area contributed by atoms with E-state index in [0.29, 0.717) is 12.8 Å². The number of aliphatic hydroxyl groups is 4. The molecular formula is C28H52O8. The topological polar surface area (TPSA) is 145 Å². The molecule has 0 rings (SSSR count). The first-order valence-electron chi connectivity index (χ1n) is 13.5. The van der Waals surface area contributed by atoms with Crippen molar-refractivity contribution in [2.75, 3.05) is 19.8 Å². The minimum atomic E-state index is -0.959. The second kappa shape index (κ2) is 27.8. The summed E-state index contributed by atoms with van der Waals surface area (Å²) in [5.41, 5.74) is 0. The Morgan fingerprint density at radius 2 is 1.19 bits per heavy atom. The highest BCUT2D eigenvalue weighted by molar-refractivity contribution is 5.70. The predicted octanol–water partition coefficient (Wildman–Crippen LogP) is 4.54. The molecule has 3 unspecified atom stereocenters. The quantitative estimate of drug-likeness (QED) is 0.0714. The Labute approximate surface area is 218 Å². The van der Waals surface area contributed by atoms with Crippen molar-refractivity contribution in [3.63, 3.8) is 0 Å². The van der Waals surface area contributed by atoms with Crippen LogP contribution in [0.15, 0.2) is 25.3 Å². The molecule has 0 aliphatic carbocycles. The molecule has 0 aromatic carbocycles. The van der Waals surface area contributed by atoms with Gasteiger partial charge >= 0.3 is 11.9 Å². The second-order valence-electron chi connectivity index (χ2n) is 9.21. The van der Waals surface area contributed by atoms with Gasteiger partial charge in [0.2, 0.25) is 0 Å². The van der Waals surface area contributed by atoms with E-state index in [1.165, 1.54) is 19.3 Å². The molecule has 8 heteroatoms. The Hall–Kier alpha value is -1.74. The molecule has 0 radical (unpaired) electrons. The van der Waals surface area contributed by atoms with Gasteiger partial charge in [-0.2, -0.15) is 0 Å². The largest absolute Gasteiger partial charge is 0.481 e. The Kier molecular flexibility index (Phi) is 28.2. The SMILES string of the molecule is C=CCCCCCCCC(CC(O)CO)C(=O)O.C=CCCCCCCCCC(=O)OCC(O)CO. The van der Waals surface area contributed by atoms with Crippen LogP contribution >= 0.6 is 0 Å². The number of unbranched alkanes of at least 4 members (excludes halogenated alkanes) is 11. The highest BCUT2D eigenvalue weighted by Crippen LogP contribution is 2.17. The van der Waals surface area contributed by atoms with Gasteiger partial charge in [-0.15, -0.1) is 13.2 Å². The number of carbonyl (C=O) groups is 2. The van der Waals surface area contributed by atoms with Gasteiger partial charge in [-0.3, -0.25) is 9.59 Å². The van der Waals surface area contributed by atoms with Crippen LogP contribution < -0.4 is 0 Å². The summed E-state index contributed by atoms with van der Waals surface area (Å²) < 4.78 is 4.79. The molecule has 0 saturated heterocycles. The van der Waals surface area contributed by atoms with E-state index in [1.54, 1.807) is 0 Å².